The van der Waals surface area contributed by atoms with Crippen LogP contribution in [-0.4, -0.2) is 19.6 Å². The molecule has 0 atom stereocenters. The van der Waals surface area contributed by atoms with E-state index in [1.807, 2.05) is 0 Å². The molecule has 1 fully saturated rings. The largest absolute Gasteiger partial charge is 0.465 e. The normalized spacial score (nSPS) is 14.6. The first kappa shape index (κ1) is 10.9. The van der Waals surface area contributed by atoms with Crippen molar-refractivity contribution in [3.8, 4) is 0 Å². The zero-order valence-corrected chi connectivity index (χ0v) is 9.13. The highest BCUT2D eigenvalue weighted by Gasteiger charge is 2.22. The van der Waals surface area contributed by atoms with Gasteiger partial charge in [0.1, 0.15) is 0 Å². The summed E-state index contributed by atoms with van der Waals surface area (Å²) >= 11 is 0. The minimum Gasteiger partial charge on any atom is -0.465 e. The first-order valence-corrected chi connectivity index (χ1v) is 5.33. The third-order valence-electron chi connectivity index (χ3n) is 2.68. The summed E-state index contributed by atoms with van der Waals surface area (Å²) in [6.45, 7) is 0.765. The van der Waals surface area contributed by atoms with E-state index in [0.717, 1.165) is 6.54 Å². The van der Waals surface area contributed by atoms with Crippen molar-refractivity contribution in [3.63, 3.8) is 0 Å². The third-order valence-corrected chi connectivity index (χ3v) is 2.68. The van der Waals surface area contributed by atoms with E-state index in [-0.39, 0.29) is 5.56 Å². The number of hydrogen-bond acceptors (Lipinski definition) is 3. The van der Waals surface area contributed by atoms with Gasteiger partial charge in [0.25, 0.3) is 0 Å². The molecule has 0 aromatic heterocycles. The molecule has 1 aliphatic carbocycles. The summed E-state index contributed by atoms with van der Waals surface area (Å²) in [6, 6.07) is 4.69. The van der Waals surface area contributed by atoms with E-state index in [1.54, 1.807) is 12.1 Å². The summed E-state index contributed by atoms with van der Waals surface area (Å²) in [5.41, 5.74) is 0.345. The molecule has 0 bridgehead atoms. The van der Waals surface area contributed by atoms with Crippen LogP contribution in [0.2, 0.25) is 0 Å². The summed E-state index contributed by atoms with van der Waals surface area (Å²) in [5.74, 6) is -0.524. The van der Waals surface area contributed by atoms with Gasteiger partial charge in [-0.2, -0.15) is 0 Å². The van der Waals surface area contributed by atoms with Gasteiger partial charge in [0.2, 0.25) is 0 Å². The lowest BCUT2D eigenvalue weighted by atomic mass is 10.2. The van der Waals surface area contributed by atoms with Crippen molar-refractivity contribution < 1.29 is 13.9 Å². The van der Waals surface area contributed by atoms with Crippen molar-refractivity contribution in [1.82, 2.24) is 0 Å². The monoisotopic (exact) mass is 223 g/mol. The Bertz CT molecular complexity index is 402. The molecule has 0 aliphatic heterocycles. The highest BCUT2D eigenvalue weighted by Crippen LogP contribution is 2.29. The highest BCUT2D eigenvalue weighted by molar-refractivity contribution is 5.90. The fourth-order valence-corrected chi connectivity index (χ4v) is 1.51. The van der Waals surface area contributed by atoms with Gasteiger partial charge in [-0.25, -0.2) is 9.18 Å². The SMILES string of the molecule is COC(=O)c1cccc(NCC2CC2)c1F. The molecule has 1 N–H and O–H groups in total. The number of ether oxygens (including phenoxy) is 1. The number of rotatable bonds is 4. The van der Waals surface area contributed by atoms with Gasteiger partial charge in [-0.05, 0) is 30.9 Å². The van der Waals surface area contributed by atoms with Crippen LogP contribution in [0.5, 0.6) is 0 Å². The van der Waals surface area contributed by atoms with E-state index < -0.39 is 11.8 Å². The number of anilines is 1. The molecule has 16 heavy (non-hydrogen) atoms. The Labute approximate surface area is 93.6 Å². The fraction of sp³-hybridized carbons (Fsp3) is 0.417. The van der Waals surface area contributed by atoms with Crippen molar-refractivity contribution >= 4 is 11.7 Å². The first-order valence-electron chi connectivity index (χ1n) is 5.33. The van der Waals surface area contributed by atoms with E-state index in [1.165, 1.54) is 26.0 Å². The molecule has 0 heterocycles. The van der Waals surface area contributed by atoms with E-state index in [0.29, 0.717) is 11.6 Å². The number of carbonyl (C=O) groups is 1. The van der Waals surface area contributed by atoms with Crippen LogP contribution < -0.4 is 5.32 Å². The van der Waals surface area contributed by atoms with Gasteiger partial charge in [0, 0.05) is 6.54 Å². The highest BCUT2D eigenvalue weighted by atomic mass is 19.1. The summed E-state index contributed by atoms with van der Waals surface area (Å²) in [4.78, 5) is 11.2. The number of nitrogens with one attached hydrogen (secondary N) is 1. The Kier molecular flexibility index (Phi) is 3.08. The van der Waals surface area contributed by atoms with Gasteiger partial charge in [0.05, 0.1) is 18.4 Å². The van der Waals surface area contributed by atoms with Crippen LogP contribution in [0.3, 0.4) is 0 Å². The molecule has 0 radical (unpaired) electrons. The average Bonchev–Trinajstić information content (AvgIpc) is 3.10. The molecule has 0 amide bonds. The number of carbonyl (C=O) groups excluding carboxylic acids is 1. The second-order valence-electron chi connectivity index (χ2n) is 3.98. The van der Waals surface area contributed by atoms with Crippen molar-refractivity contribution in [2.24, 2.45) is 5.92 Å². The lowest BCUT2D eigenvalue weighted by Crippen LogP contribution is -2.09. The lowest BCUT2D eigenvalue weighted by molar-refractivity contribution is 0.0595. The van der Waals surface area contributed by atoms with Crippen molar-refractivity contribution in [1.29, 1.82) is 0 Å². The average molecular weight is 223 g/mol. The van der Waals surface area contributed by atoms with Gasteiger partial charge in [0.15, 0.2) is 5.82 Å². The third kappa shape index (κ3) is 2.32. The van der Waals surface area contributed by atoms with Crippen LogP contribution in [0.4, 0.5) is 10.1 Å². The molecule has 0 unspecified atom stereocenters. The van der Waals surface area contributed by atoms with Crippen molar-refractivity contribution in [3.05, 3.63) is 29.6 Å². The van der Waals surface area contributed by atoms with Crippen LogP contribution in [0, 0.1) is 11.7 Å². The van der Waals surface area contributed by atoms with Gasteiger partial charge >= 0.3 is 5.97 Å². The van der Waals surface area contributed by atoms with Crippen LogP contribution in [-0.2, 0) is 4.74 Å². The maximum absolute atomic E-state index is 13.8. The van der Waals surface area contributed by atoms with Crippen LogP contribution in [0.1, 0.15) is 23.2 Å². The smallest absolute Gasteiger partial charge is 0.340 e. The van der Waals surface area contributed by atoms with Gasteiger partial charge < -0.3 is 10.1 Å². The number of benzene rings is 1. The van der Waals surface area contributed by atoms with Gasteiger partial charge in [-0.1, -0.05) is 6.07 Å². The molecular weight excluding hydrogens is 209 g/mol. The minimum absolute atomic E-state index is 0.0247. The Morgan fingerprint density at radius 2 is 2.31 bits per heavy atom. The second-order valence-corrected chi connectivity index (χ2v) is 3.98. The molecule has 1 saturated carbocycles. The Morgan fingerprint density at radius 1 is 1.56 bits per heavy atom. The Balaban J connectivity index is 2.14. The topological polar surface area (TPSA) is 38.3 Å². The number of halogens is 1. The summed E-state index contributed by atoms with van der Waals surface area (Å²) in [5, 5.41) is 3.01. The maximum Gasteiger partial charge on any atom is 0.340 e. The maximum atomic E-state index is 13.8. The number of hydrogen-bond donors (Lipinski definition) is 1. The molecule has 1 aromatic rings. The van der Waals surface area contributed by atoms with E-state index in [9.17, 15) is 9.18 Å². The quantitative estimate of drug-likeness (QED) is 0.797. The Hall–Kier alpha value is -1.58. The molecule has 1 aliphatic rings. The van der Waals surface area contributed by atoms with E-state index in [4.69, 9.17) is 0 Å². The summed E-state index contributed by atoms with van der Waals surface area (Å²) < 4.78 is 18.3. The molecule has 0 spiro atoms. The van der Waals surface area contributed by atoms with Crippen LogP contribution in [0.25, 0.3) is 0 Å². The van der Waals surface area contributed by atoms with Crippen molar-refractivity contribution in [2.75, 3.05) is 19.0 Å². The fourth-order valence-electron chi connectivity index (χ4n) is 1.51. The molecular formula is C12H14FNO2. The standard InChI is InChI=1S/C12H14FNO2/c1-16-12(15)9-3-2-4-10(11(9)13)14-7-8-5-6-8/h2-4,8,14H,5-7H2,1H3. The molecule has 86 valence electrons. The predicted molar refractivity (Wildman–Crippen MR) is 59.0 cm³/mol. The zero-order valence-electron chi connectivity index (χ0n) is 9.13. The van der Waals surface area contributed by atoms with Gasteiger partial charge in [-0.3, -0.25) is 0 Å². The molecule has 1 aromatic carbocycles. The Morgan fingerprint density at radius 3 is 2.94 bits per heavy atom. The van der Waals surface area contributed by atoms with Crippen LogP contribution >= 0.6 is 0 Å². The van der Waals surface area contributed by atoms with Crippen LogP contribution in [0.15, 0.2) is 18.2 Å². The minimum atomic E-state index is -0.646. The molecule has 4 heteroatoms. The second kappa shape index (κ2) is 4.51. The number of esters is 1. The number of methoxy groups -OCH3 is 1. The lowest BCUT2D eigenvalue weighted by Gasteiger charge is -2.08. The van der Waals surface area contributed by atoms with Crippen molar-refractivity contribution in [2.45, 2.75) is 12.8 Å². The molecule has 3 nitrogen and oxygen atoms in total. The first-order chi connectivity index (χ1) is 7.72. The summed E-state index contributed by atoms with van der Waals surface area (Å²) in [6.07, 6.45) is 2.40. The zero-order chi connectivity index (χ0) is 11.5. The summed E-state index contributed by atoms with van der Waals surface area (Å²) in [7, 11) is 1.24. The van der Waals surface area contributed by atoms with Gasteiger partial charge in [-0.15, -0.1) is 0 Å². The predicted octanol–water partition coefficient (Wildman–Crippen LogP) is 2.43. The molecule has 0 saturated heterocycles. The molecule has 2 rings (SSSR count). The van der Waals surface area contributed by atoms with E-state index >= 15 is 0 Å². The van der Waals surface area contributed by atoms with E-state index in [2.05, 4.69) is 10.1 Å².